The largest absolute Gasteiger partial charge is 0.481 e. The summed E-state index contributed by atoms with van der Waals surface area (Å²) in [5.74, 6) is 1.60. The summed E-state index contributed by atoms with van der Waals surface area (Å²) in [4.78, 5) is 22.4. The molecule has 7 nitrogen and oxygen atoms in total. The molecule has 3 aliphatic heterocycles. The Labute approximate surface area is 177 Å². The van der Waals surface area contributed by atoms with Crippen molar-refractivity contribution in [1.29, 1.82) is 0 Å². The van der Waals surface area contributed by atoms with Crippen LogP contribution in [0.1, 0.15) is 29.2 Å². The molecule has 2 atom stereocenters. The predicted octanol–water partition coefficient (Wildman–Crippen LogP) is 1.70. The van der Waals surface area contributed by atoms with Crippen LogP contribution in [0.25, 0.3) is 0 Å². The Hall–Kier alpha value is -2.22. The molecule has 5 rings (SSSR count). The quantitative estimate of drug-likeness (QED) is 0.748. The normalized spacial score (nSPS) is 24.4. The second kappa shape index (κ2) is 8.49. The zero-order chi connectivity index (χ0) is 20.5. The Kier molecular flexibility index (Phi) is 5.58. The van der Waals surface area contributed by atoms with Gasteiger partial charge >= 0.3 is 0 Å². The summed E-state index contributed by atoms with van der Waals surface area (Å²) in [6.07, 6.45) is 3.08. The summed E-state index contributed by atoms with van der Waals surface area (Å²) >= 11 is 0. The summed E-state index contributed by atoms with van der Waals surface area (Å²) in [6, 6.07) is 8.28. The summed E-state index contributed by atoms with van der Waals surface area (Å²) in [5, 5.41) is 0. The second-order valence-corrected chi connectivity index (χ2v) is 8.79. The minimum Gasteiger partial charge on any atom is -0.481 e. The Bertz CT molecular complexity index is 936. The van der Waals surface area contributed by atoms with Gasteiger partial charge in [-0.2, -0.15) is 0 Å². The predicted molar refractivity (Wildman–Crippen MR) is 114 cm³/mol. The van der Waals surface area contributed by atoms with Crippen LogP contribution in [-0.4, -0.2) is 65.9 Å². The van der Waals surface area contributed by atoms with Gasteiger partial charge in [-0.15, -0.1) is 0 Å². The van der Waals surface area contributed by atoms with E-state index in [0.29, 0.717) is 17.7 Å². The summed E-state index contributed by atoms with van der Waals surface area (Å²) < 4.78 is 12.7. The Balaban J connectivity index is 1.31. The van der Waals surface area contributed by atoms with E-state index in [1.54, 1.807) is 7.11 Å². The number of likely N-dealkylation sites (tertiary alicyclic amines) is 1. The molecule has 0 unspecified atom stereocenters. The molecule has 0 aliphatic carbocycles. The third-order valence-electron chi connectivity index (χ3n) is 6.67. The Morgan fingerprint density at radius 1 is 1.07 bits per heavy atom. The van der Waals surface area contributed by atoms with Gasteiger partial charge < -0.3 is 14.0 Å². The number of rotatable bonds is 5. The molecule has 0 radical (unpaired) electrons. The molecular formula is C23H30N4O3. The molecule has 3 aliphatic rings. The van der Waals surface area contributed by atoms with Gasteiger partial charge in [-0.3, -0.25) is 14.6 Å². The first kappa shape index (κ1) is 19.7. The van der Waals surface area contributed by atoms with Crippen molar-refractivity contribution >= 4 is 0 Å². The van der Waals surface area contributed by atoms with E-state index in [1.165, 1.54) is 17.7 Å². The number of aromatic nitrogens is 2. The first-order chi connectivity index (χ1) is 14.7. The van der Waals surface area contributed by atoms with E-state index in [9.17, 15) is 4.79 Å². The van der Waals surface area contributed by atoms with E-state index in [1.807, 2.05) is 12.3 Å². The van der Waals surface area contributed by atoms with Crippen molar-refractivity contribution in [2.45, 2.75) is 32.0 Å². The average Bonchev–Trinajstić information content (AvgIpc) is 2.77. The zero-order valence-corrected chi connectivity index (χ0v) is 17.6. The highest BCUT2D eigenvalue weighted by molar-refractivity contribution is 5.23. The van der Waals surface area contributed by atoms with Crippen LogP contribution in [0, 0.1) is 5.92 Å². The molecule has 160 valence electrons. The maximum atomic E-state index is 13.2. The second-order valence-electron chi connectivity index (χ2n) is 8.79. The smallest absolute Gasteiger partial charge is 0.255 e. The number of piperidine rings is 1. The number of ether oxygens (including phenoxy) is 2. The zero-order valence-electron chi connectivity index (χ0n) is 17.6. The minimum absolute atomic E-state index is 0.210. The highest BCUT2D eigenvalue weighted by Gasteiger charge is 2.35. The van der Waals surface area contributed by atoms with Gasteiger partial charge in [0.25, 0.3) is 5.56 Å². The van der Waals surface area contributed by atoms with Crippen LogP contribution >= 0.6 is 0 Å². The number of morpholine rings is 1. The molecule has 30 heavy (non-hydrogen) atoms. The summed E-state index contributed by atoms with van der Waals surface area (Å²) in [7, 11) is 1.64. The third kappa shape index (κ3) is 4.02. The van der Waals surface area contributed by atoms with Crippen LogP contribution in [0.2, 0.25) is 0 Å². The summed E-state index contributed by atoms with van der Waals surface area (Å²) in [6.45, 7) is 7.80. The Morgan fingerprint density at radius 3 is 2.70 bits per heavy atom. The van der Waals surface area contributed by atoms with E-state index in [2.05, 4.69) is 37.5 Å². The SMILES string of the molecule is COc1ccc(CN2C[C@@H]3C[C@H](C2)c2ccc(CN4CCOCC4)c(=O)n2C3)cn1. The molecule has 7 heteroatoms. The van der Waals surface area contributed by atoms with Crippen molar-refractivity contribution < 1.29 is 9.47 Å². The van der Waals surface area contributed by atoms with Crippen LogP contribution in [0.5, 0.6) is 5.88 Å². The van der Waals surface area contributed by atoms with Gasteiger partial charge in [-0.05, 0) is 24.0 Å². The maximum Gasteiger partial charge on any atom is 0.255 e. The highest BCUT2D eigenvalue weighted by Crippen LogP contribution is 2.35. The highest BCUT2D eigenvalue weighted by atomic mass is 16.5. The maximum absolute atomic E-state index is 13.2. The fourth-order valence-corrected chi connectivity index (χ4v) is 5.22. The van der Waals surface area contributed by atoms with E-state index in [0.717, 1.165) is 64.6 Å². The molecule has 2 aromatic rings. The lowest BCUT2D eigenvalue weighted by atomic mass is 9.83. The molecule has 2 bridgehead atoms. The van der Waals surface area contributed by atoms with E-state index < -0.39 is 0 Å². The van der Waals surface area contributed by atoms with Crippen LogP contribution in [0.15, 0.2) is 35.3 Å². The van der Waals surface area contributed by atoms with Gasteiger partial charge in [0.2, 0.25) is 5.88 Å². The number of nitrogens with zero attached hydrogens (tertiary/aromatic N) is 4. The monoisotopic (exact) mass is 410 g/mol. The lowest BCUT2D eigenvalue weighted by Gasteiger charge is -2.43. The van der Waals surface area contributed by atoms with Crippen molar-refractivity contribution in [2.24, 2.45) is 5.92 Å². The lowest BCUT2D eigenvalue weighted by Crippen LogP contribution is -2.47. The van der Waals surface area contributed by atoms with Gasteiger partial charge in [0.15, 0.2) is 0 Å². The molecule has 2 aromatic heterocycles. The van der Waals surface area contributed by atoms with Crippen LogP contribution in [0.3, 0.4) is 0 Å². The molecule has 2 fully saturated rings. The number of methoxy groups -OCH3 is 1. The molecule has 0 amide bonds. The molecule has 0 aromatic carbocycles. The van der Waals surface area contributed by atoms with Crippen molar-refractivity contribution in [1.82, 2.24) is 19.4 Å². The van der Waals surface area contributed by atoms with Gasteiger partial charge in [0.05, 0.1) is 20.3 Å². The molecule has 0 N–H and O–H groups in total. The van der Waals surface area contributed by atoms with Crippen LogP contribution in [-0.2, 0) is 24.4 Å². The van der Waals surface area contributed by atoms with Crippen molar-refractivity contribution in [3.8, 4) is 5.88 Å². The Morgan fingerprint density at radius 2 is 1.93 bits per heavy atom. The van der Waals surface area contributed by atoms with Crippen molar-refractivity contribution in [3.63, 3.8) is 0 Å². The van der Waals surface area contributed by atoms with Crippen LogP contribution in [0.4, 0.5) is 0 Å². The molecule has 5 heterocycles. The minimum atomic E-state index is 0.210. The van der Waals surface area contributed by atoms with Gasteiger partial charge in [-0.1, -0.05) is 12.1 Å². The van der Waals surface area contributed by atoms with E-state index >= 15 is 0 Å². The first-order valence-corrected chi connectivity index (χ1v) is 10.9. The van der Waals surface area contributed by atoms with E-state index in [-0.39, 0.29) is 5.56 Å². The average molecular weight is 411 g/mol. The number of pyridine rings is 2. The van der Waals surface area contributed by atoms with Gasteiger partial charge in [0.1, 0.15) is 0 Å². The van der Waals surface area contributed by atoms with Crippen molar-refractivity contribution in [2.75, 3.05) is 46.5 Å². The van der Waals surface area contributed by atoms with Gasteiger partial charge in [0, 0.05) is 75.3 Å². The van der Waals surface area contributed by atoms with E-state index in [4.69, 9.17) is 9.47 Å². The fourth-order valence-electron chi connectivity index (χ4n) is 5.22. The van der Waals surface area contributed by atoms with Crippen LogP contribution < -0.4 is 10.3 Å². The molecule has 2 saturated heterocycles. The molecule has 0 saturated carbocycles. The summed E-state index contributed by atoms with van der Waals surface area (Å²) in [5.41, 5.74) is 3.54. The lowest BCUT2D eigenvalue weighted by molar-refractivity contribution is 0.0338. The molecular weight excluding hydrogens is 380 g/mol. The topological polar surface area (TPSA) is 59.8 Å². The number of fused-ring (bicyclic) bond motifs is 4. The fraction of sp³-hybridized carbons (Fsp3) is 0.565. The number of hydrogen-bond acceptors (Lipinski definition) is 6. The van der Waals surface area contributed by atoms with Crippen molar-refractivity contribution in [3.05, 3.63) is 57.6 Å². The van der Waals surface area contributed by atoms with Gasteiger partial charge in [-0.25, -0.2) is 4.98 Å². The third-order valence-corrected chi connectivity index (χ3v) is 6.67. The first-order valence-electron chi connectivity index (χ1n) is 10.9. The molecule has 0 spiro atoms. The number of hydrogen-bond donors (Lipinski definition) is 0. The standard InChI is InChI=1S/C23H30N4O3/c1-29-22-5-2-17(11-24-22)12-26-13-18-10-20(16-26)21-4-3-19(23(28)27(21)14-18)15-25-6-8-30-9-7-25/h2-5,11,18,20H,6-10,12-16H2,1H3/t18-,20+/m0/s1.